The third-order valence-electron chi connectivity index (χ3n) is 2.83. The average molecular weight is 374 g/mol. The summed E-state index contributed by atoms with van der Waals surface area (Å²) in [6.07, 6.45) is 0. The Balaban J connectivity index is 2.33. The Kier molecular flexibility index (Phi) is 5.51. The molecule has 0 saturated heterocycles. The second kappa shape index (κ2) is 7.21. The maximum atomic E-state index is 12.4. The molecule has 23 heavy (non-hydrogen) atoms. The van der Waals surface area contributed by atoms with Crippen LogP contribution < -0.4 is 4.72 Å². The molecule has 0 spiro atoms. The second-order valence-electron chi connectivity index (χ2n) is 4.46. The Morgan fingerprint density at radius 1 is 1.17 bits per heavy atom. The Bertz CT molecular complexity index is 837. The first-order valence-corrected chi connectivity index (χ1v) is 8.83. The zero-order valence-corrected chi connectivity index (χ0v) is 14.4. The van der Waals surface area contributed by atoms with Crippen LogP contribution in [0.25, 0.3) is 0 Å². The van der Waals surface area contributed by atoms with Gasteiger partial charge in [0.2, 0.25) is 0 Å². The molecule has 0 atom stereocenters. The zero-order valence-electron chi connectivity index (χ0n) is 12.0. The van der Waals surface area contributed by atoms with Gasteiger partial charge in [-0.25, -0.2) is 13.2 Å². The molecule has 0 aliphatic carbocycles. The lowest BCUT2D eigenvalue weighted by molar-refractivity contribution is 0.0526. The summed E-state index contributed by atoms with van der Waals surface area (Å²) in [4.78, 5) is 11.5. The van der Waals surface area contributed by atoms with E-state index in [-0.39, 0.29) is 32.8 Å². The molecule has 122 valence electrons. The van der Waals surface area contributed by atoms with Crippen LogP contribution in [0.3, 0.4) is 0 Å². The highest BCUT2D eigenvalue weighted by Gasteiger charge is 2.20. The van der Waals surface area contributed by atoms with Gasteiger partial charge in [-0.2, -0.15) is 0 Å². The first-order chi connectivity index (χ1) is 10.8. The number of hydrogen-bond donors (Lipinski definition) is 1. The van der Waals surface area contributed by atoms with E-state index < -0.39 is 16.0 Å². The van der Waals surface area contributed by atoms with E-state index in [1.165, 1.54) is 36.4 Å². The Morgan fingerprint density at radius 2 is 1.87 bits per heavy atom. The number of ether oxygens (including phenoxy) is 1. The van der Waals surface area contributed by atoms with Crippen LogP contribution in [0.4, 0.5) is 5.69 Å². The van der Waals surface area contributed by atoms with Crippen LogP contribution in [-0.2, 0) is 14.8 Å². The summed E-state index contributed by atoms with van der Waals surface area (Å²) in [6.45, 7) is 1.92. The van der Waals surface area contributed by atoms with Gasteiger partial charge in [0.1, 0.15) is 4.90 Å². The van der Waals surface area contributed by atoms with Crippen LogP contribution in [-0.4, -0.2) is 21.0 Å². The van der Waals surface area contributed by atoms with E-state index in [4.69, 9.17) is 27.9 Å². The van der Waals surface area contributed by atoms with E-state index in [0.717, 1.165) is 0 Å². The number of anilines is 1. The number of carbonyl (C=O) groups excluding carboxylic acids is 1. The number of sulfonamides is 1. The van der Waals surface area contributed by atoms with Crippen LogP contribution in [0.5, 0.6) is 0 Å². The topological polar surface area (TPSA) is 72.5 Å². The predicted molar refractivity (Wildman–Crippen MR) is 89.7 cm³/mol. The molecule has 0 saturated carbocycles. The average Bonchev–Trinajstić information content (AvgIpc) is 2.50. The van der Waals surface area contributed by atoms with E-state index in [0.29, 0.717) is 0 Å². The van der Waals surface area contributed by atoms with Gasteiger partial charge in [-0.3, -0.25) is 4.72 Å². The lowest BCUT2D eigenvalue weighted by Gasteiger charge is -2.11. The van der Waals surface area contributed by atoms with E-state index in [2.05, 4.69) is 4.72 Å². The van der Waals surface area contributed by atoms with E-state index in [1.807, 2.05) is 0 Å². The highest BCUT2D eigenvalue weighted by molar-refractivity contribution is 7.92. The van der Waals surface area contributed by atoms with Gasteiger partial charge in [-0.1, -0.05) is 35.3 Å². The molecule has 0 heterocycles. The predicted octanol–water partition coefficient (Wildman–Crippen LogP) is 3.97. The third-order valence-corrected chi connectivity index (χ3v) is 5.19. The first-order valence-electron chi connectivity index (χ1n) is 6.59. The zero-order chi connectivity index (χ0) is 17.0. The monoisotopic (exact) mass is 373 g/mol. The molecule has 1 N–H and O–H groups in total. The maximum Gasteiger partial charge on any atom is 0.338 e. The van der Waals surface area contributed by atoms with Gasteiger partial charge in [0.05, 0.1) is 22.2 Å². The van der Waals surface area contributed by atoms with Crippen molar-refractivity contribution in [2.24, 2.45) is 0 Å². The summed E-state index contributed by atoms with van der Waals surface area (Å²) in [5.41, 5.74) is 0.454. The van der Waals surface area contributed by atoms with Gasteiger partial charge in [-0.05, 0) is 37.3 Å². The molecule has 5 nitrogen and oxygen atoms in total. The standard InChI is InChI=1S/C15H13Cl2NO4S/c1-2-22-15(19)10-5-3-6-11(9-10)18-23(20,21)13-8-4-7-12(16)14(13)17/h3-9,18H,2H2,1H3. The summed E-state index contributed by atoms with van der Waals surface area (Å²) in [7, 11) is -3.94. The SMILES string of the molecule is CCOC(=O)c1cccc(NS(=O)(=O)c2cccc(Cl)c2Cl)c1. The van der Waals surface area contributed by atoms with E-state index in [9.17, 15) is 13.2 Å². The fraction of sp³-hybridized carbons (Fsp3) is 0.133. The molecule has 0 bridgehead atoms. The molecule has 0 radical (unpaired) electrons. The normalized spacial score (nSPS) is 11.1. The minimum absolute atomic E-state index is 0.0665. The van der Waals surface area contributed by atoms with Crippen molar-refractivity contribution in [1.82, 2.24) is 0 Å². The van der Waals surface area contributed by atoms with Crippen LogP contribution in [0.1, 0.15) is 17.3 Å². The second-order valence-corrected chi connectivity index (χ2v) is 6.89. The lowest BCUT2D eigenvalue weighted by Crippen LogP contribution is -2.14. The van der Waals surface area contributed by atoms with E-state index >= 15 is 0 Å². The first kappa shape index (κ1) is 17.6. The molecule has 0 aliphatic rings. The van der Waals surface area contributed by atoms with Gasteiger partial charge < -0.3 is 4.74 Å². The molecule has 2 aromatic rings. The van der Waals surface area contributed by atoms with Crippen molar-refractivity contribution in [3.05, 3.63) is 58.1 Å². The smallest absolute Gasteiger partial charge is 0.338 e. The number of nitrogens with one attached hydrogen (secondary N) is 1. The van der Waals surface area contributed by atoms with Crippen LogP contribution >= 0.6 is 23.2 Å². The minimum Gasteiger partial charge on any atom is -0.462 e. The Labute approximate surface area is 144 Å². The molecule has 2 rings (SSSR count). The fourth-order valence-electron chi connectivity index (χ4n) is 1.83. The summed E-state index contributed by atoms with van der Waals surface area (Å²) in [5, 5.41) is 0.0676. The maximum absolute atomic E-state index is 12.4. The number of halogens is 2. The van der Waals surface area contributed by atoms with E-state index in [1.54, 1.807) is 13.0 Å². The molecule has 0 unspecified atom stereocenters. The van der Waals surface area contributed by atoms with Crippen LogP contribution in [0.2, 0.25) is 10.0 Å². The van der Waals surface area contributed by atoms with Crippen molar-refractivity contribution in [3.63, 3.8) is 0 Å². The lowest BCUT2D eigenvalue weighted by atomic mass is 10.2. The summed E-state index contributed by atoms with van der Waals surface area (Å²) < 4.78 is 32.1. The van der Waals surface area contributed by atoms with Gasteiger partial charge in [-0.15, -0.1) is 0 Å². The van der Waals surface area contributed by atoms with Crippen LogP contribution in [0, 0.1) is 0 Å². The fourth-order valence-corrected chi connectivity index (χ4v) is 3.64. The molecular formula is C15H13Cl2NO4S. The number of esters is 1. The molecule has 0 aromatic heterocycles. The number of benzene rings is 2. The number of rotatable bonds is 5. The van der Waals surface area contributed by atoms with Gasteiger partial charge in [0.25, 0.3) is 10.0 Å². The van der Waals surface area contributed by atoms with Crippen LogP contribution in [0.15, 0.2) is 47.4 Å². The van der Waals surface area contributed by atoms with Crippen molar-refractivity contribution < 1.29 is 17.9 Å². The minimum atomic E-state index is -3.94. The van der Waals surface area contributed by atoms with Crippen molar-refractivity contribution in [2.45, 2.75) is 11.8 Å². The van der Waals surface area contributed by atoms with Gasteiger partial charge in [0.15, 0.2) is 0 Å². The highest BCUT2D eigenvalue weighted by Crippen LogP contribution is 2.30. The number of carbonyl (C=O) groups is 1. The van der Waals surface area contributed by atoms with Crippen molar-refractivity contribution in [1.29, 1.82) is 0 Å². The third kappa shape index (κ3) is 4.16. The van der Waals surface area contributed by atoms with Crippen molar-refractivity contribution in [3.8, 4) is 0 Å². The largest absolute Gasteiger partial charge is 0.462 e. The molecule has 8 heteroatoms. The van der Waals surface area contributed by atoms with Crippen molar-refractivity contribution in [2.75, 3.05) is 11.3 Å². The summed E-state index contributed by atoms with van der Waals surface area (Å²) >= 11 is 11.8. The Hall–Kier alpha value is -1.76. The molecule has 2 aromatic carbocycles. The molecule has 0 amide bonds. The van der Waals surface area contributed by atoms with Gasteiger partial charge >= 0.3 is 5.97 Å². The molecule has 0 aliphatic heterocycles. The van der Waals surface area contributed by atoms with Gasteiger partial charge in [0, 0.05) is 5.69 Å². The summed E-state index contributed by atoms with van der Waals surface area (Å²) in [5.74, 6) is -0.533. The number of hydrogen-bond acceptors (Lipinski definition) is 4. The summed E-state index contributed by atoms with van der Waals surface area (Å²) in [6, 6.07) is 10.3. The molecule has 0 fully saturated rings. The highest BCUT2D eigenvalue weighted by atomic mass is 35.5. The quantitative estimate of drug-likeness (QED) is 0.804. The Morgan fingerprint density at radius 3 is 2.57 bits per heavy atom. The molecular weight excluding hydrogens is 361 g/mol. The van der Waals surface area contributed by atoms with Crippen molar-refractivity contribution >= 4 is 44.9 Å².